The second-order valence-electron chi connectivity index (χ2n) is 9.75. The Balaban J connectivity index is 1.20. The molecule has 0 unspecified atom stereocenters. The highest BCUT2D eigenvalue weighted by atomic mass is 79.9. The largest absolute Gasteiger partial charge is 0.492 e. The van der Waals surface area contributed by atoms with Crippen LogP contribution in [0.5, 0.6) is 5.75 Å². The first-order valence-corrected chi connectivity index (χ1v) is 14.0. The summed E-state index contributed by atoms with van der Waals surface area (Å²) in [6.45, 7) is 6.98. The molecule has 1 aliphatic heterocycles. The number of carbonyl (C=O) groups is 1. The molecule has 0 N–H and O–H groups in total. The molecule has 3 aromatic rings. The minimum absolute atomic E-state index is 0.260. The molecule has 2 aromatic heterocycles. The number of ether oxygens (including phenoxy) is 2. The van der Waals surface area contributed by atoms with Crippen molar-refractivity contribution < 1.29 is 14.3 Å². The van der Waals surface area contributed by atoms with E-state index in [9.17, 15) is 4.79 Å². The average Bonchev–Trinajstić information content (AvgIpc) is 2.97. The number of rotatable bonds is 10. The highest BCUT2D eigenvalue weighted by Gasteiger charge is 2.25. The van der Waals surface area contributed by atoms with Gasteiger partial charge in [0.1, 0.15) is 12.4 Å². The molecule has 11 heteroatoms. The number of hydrogen-bond donors (Lipinski definition) is 0. The molecule has 1 fully saturated rings. The predicted octanol–water partition coefficient (Wildman–Crippen LogP) is 4.79. The van der Waals surface area contributed by atoms with Crippen LogP contribution in [0.25, 0.3) is 0 Å². The lowest BCUT2D eigenvalue weighted by Crippen LogP contribution is -2.44. The maximum atomic E-state index is 12.2. The summed E-state index contributed by atoms with van der Waals surface area (Å²) in [7, 11) is 3.78. The zero-order valence-electron chi connectivity index (χ0n) is 23.0. The average molecular weight is 599 g/mol. The van der Waals surface area contributed by atoms with Crippen LogP contribution in [-0.4, -0.2) is 77.5 Å². The maximum Gasteiger partial charge on any atom is 0.409 e. The van der Waals surface area contributed by atoms with Gasteiger partial charge in [-0.25, -0.2) is 14.8 Å². The quantitative estimate of drug-likeness (QED) is 0.305. The third kappa shape index (κ3) is 7.78. The van der Waals surface area contributed by atoms with Crippen LogP contribution in [0.4, 0.5) is 16.6 Å². The van der Waals surface area contributed by atoms with Gasteiger partial charge in [-0.15, -0.1) is 5.10 Å². The summed E-state index contributed by atoms with van der Waals surface area (Å²) in [5.41, 5.74) is 2.87. The molecule has 0 aliphatic carbocycles. The van der Waals surface area contributed by atoms with E-state index in [2.05, 4.69) is 52.9 Å². The van der Waals surface area contributed by atoms with E-state index in [0.29, 0.717) is 31.4 Å². The first-order valence-electron chi connectivity index (χ1n) is 13.2. The predicted molar refractivity (Wildman–Crippen MR) is 154 cm³/mol. The van der Waals surface area contributed by atoms with Crippen molar-refractivity contribution in [3.05, 3.63) is 64.0 Å². The fourth-order valence-corrected chi connectivity index (χ4v) is 4.65. The summed E-state index contributed by atoms with van der Waals surface area (Å²) in [5.74, 6) is 2.23. The van der Waals surface area contributed by atoms with Crippen molar-refractivity contribution in [2.24, 2.45) is 0 Å². The number of piperidine rings is 1. The summed E-state index contributed by atoms with van der Waals surface area (Å²) in [6.07, 6.45) is 3.87. The van der Waals surface area contributed by atoms with Crippen LogP contribution in [0.2, 0.25) is 0 Å². The Morgan fingerprint density at radius 1 is 1.10 bits per heavy atom. The molecule has 208 valence electrons. The molecule has 1 saturated heterocycles. The van der Waals surface area contributed by atoms with Crippen molar-refractivity contribution in [1.29, 1.82) is 0 Å². The van der Waals surface area contributed by atoms with Gasteiger partial charge in [0, 0.05) is 45.8 Å². The molecule has 39 heavy (non-hydrogen) atoms. The molecule has 0 saturated carbocycles. The van der Waals surface area contributed by atoms with Crippen LogP contribution in [0.1, 0.15) is 36.2 Å². The Morgan fingerprint density at radius 3 is 2.49 bits per heavy atom. The molecule has 1 aliphatic rings. The topological polar surface area (TPSA) is 96.8 Å². The van der Waals surface area contributed by atoms with Gasteiger partial charge in [0.05, 0.1) is 28.7 Å². The number of anilines is 2. The van der Waals surface area contributed by atoms with Crippen LogP contribution in [0, 0.1) is 13.8 Å². The number of amides is 1. The van der Waals surface area contributed by atoms with E-state index in [0.717, 1.165) is 59.1 Å². The van der Waals surface area contributed by atoms with Crippen molar-refractivity contribution in [2.75, 3.05) is 50.1 Å². The second kappa shape index (κ2) is 13.5. The number of aryl methyl sites for hydroxylation is 2. The number of aromatic nitrogens is 4. The van der Waals surface area contributed by atoms with Gasteiger partial charge >= 0.3 is 6.09 Å². The second-order valence-corrected chi connectivity index (χ2v) is 10.5. The smallest absolute Gasteiger partial charge is 0.409 e. The van der Waals surface area contributed by atoms with E-state index in [1.807, 2.05) is 50.2 Å². The Morgan fingerprint density at radius 2 is 1.79 bits per heavy atom. The number of carbonyl (C=O) groups excluding carboxylic acids is 1. The van der Waals surface area contributed by atoms with Crippen molar-refractivity contribution in [3.63, 3.8) is 0 Å². The van der Waals surface area contributed by atoms with Gasteiger partial charge < -0.3 is 24.2 Å². The van der Waals surface area contributed by atoms with E-state index in [4.69, 9.17) is 9.47 Å². The Bertz CT molecular complexity index is 1220. The summed E-state index contributed by atoms with van der Waals surface area (Å²) in [4.78, 5) is 27.5. The first kappa shape index (κ1) is 28.5. The molecular weight excluding hydrogens is 562 g/mol. The lowest BCUT2D eigenvalue weighted by molar-refractivity contribution is 0.103. The fourth-order valence-electron chi connectivity index (χ4n) is 4.47. The normalized spacial score (nSPS) is 13.7. The van der Waals surface area contributed by atoms with Crippen molar-refractivity contribution in [2.45, 2.75) is 45.8 Å². The molecule has 10 nitrogen and oxygen atoms in total. The van der Waals surface area contributed by atoms with Crippen molar-refractivity contribution in [1.82, 2.24) is 25.1 Å². The van der Waals surface area contributed by atoms with Crippen LogP contribution in [-0.2, 0) is 11.3 Å². The van der Waals surface area contributed by atoms with Gasteiger partial charge in [0.25, 0.3) is 0 Å². The van der Waals surface area contributed by atoms with Gasteiger partial charge in [-0.3, -0.25) is 0 Å². The fraction of sp³-hybridized carbons (Fsp3) is 0.464. The van der Waals surface area contributed by atoms with Gasteiger partial charge in [-0.1, -0.05) is 30.3 Å². The summed E-state index contributed by atoms with van der Waals surface area (Å²) in [5, 5.41) is 8.48. The van der Waals surface area contributed by atoms with E-state index in [-0.39, 0.29) is 12.7 Å². The lowest BCUT2D eigenvalue weighted by Gasteiger charge is -2.37. The minimum Gasteiger partial charge on any atom is -0.492 e. The molecule has 0 radical (unpaired) electrons. The van der Waals surface area contributed by atoms with E-state index in [1.165, 1.54) is 0 Å². The molecule has 3 heterocycles. The molecule has 0 atom stereocenters. The third-order valence-electron chi connectivity index (χ3n) is 6.87. The van der Waals surface area contributed by atoms with Gasteiger partial charge in [0.15, 0.2) is 5.82 Å². The molecule has 4 rings (SSSR count). The van der Waals surface area contributed by atoms with Crippen LogP contribution in [0.15, 0.2) is 47.1 Å². The van der Waals surface area contributed by atoms with Crippen LogP contribution >= 0.6 is 15.9 Å². The monoisotopic (exact) mass is 597 g/mol. The Hall–Kier alpha value is -3.47. The summed E-state index contributed by atoms with van der Waals surface area (Å²) >= 11 is 3.55. The van der Waals surface area contributed by atoms with Crippen molar-refractivity contribution >= 4 is 33.8 Å². The number of hydrogen-bond acceptors (Lipinski definition) is 9. The van der Waals surface area contributed by atoms with Crippen molar-refractivity contribution in [3.8, 4) is 5.75 Å². The van der Waals surface area contributed by atoms with E-state index in [1.54, 1.807) is 18.1 Å². The molecule has 0 spiro atoms. The zero-order chi connectivity index (χ0) is 27.8. The molecule has 1 aromatic carbocycles. The first-order chi connectivity index (χ1) is 18.8. The summed E-state index contributed by atoms with van der Waals surface area (Å²) < 4.78 is 12.2. The maximum absolute atomic E-state index is 12.2. The summed E-state index contributed by atoms with van der Waals surface area (Å²) in [6, 6.07) is 11.9. The highest BCUT2D eigenvalue weighted by Crippen LogP contribution is 2.26. The third-order valence-corrected chi connectivity index (χ3v) is 8.01. The van der Waals surface area contributed by atoms with Gasteiger partial charge in [-0.2, -0.15) is 5.10 Å². The number of halogens is 1. The van der Waals surface area contributed by atoms with Crippen LogP contribution in [0.3, 0.4) is 0 Å². The van der Waals surface area contributed by atoms with E-state index < -0.39 is 0 Å². The Kier molecular flexibility index (Phi) is 9.91. The van der Waals surface area contributed by atoms with Gasteiger partial charge in [-0.05, 0) is 54.6 Å². The molecular formula is C28H36BrN7O3. The molecule has 0 bridgehead atoms. The highest BCUT2D eigenvalue weighted by molar-refractivity contribution is 9.10. The zero-order valence-corrected chi connectivity index (χ0v) is 24.6. The SMILES string of the molecule is Cc1nc(N2CCC(N(C)c3cc(OCCCN(C)C(=O)OCc4ccccc4)cnn3)CC2)nc(C)c1Br. The van der Waals surface area contributed by atoms with E-state index >= 15 is 0 Å². The minimum atomic E-state index is -0.351. The number of benzene rings is 1. The lowest BCUT2D eigenvalue weighted by atomic mass is 10.0. The standard InChI is InChI=1S/C28H36BrN7O3/c1-20-26(29)21(2)32-27(31-20)36-14-11-23(12-15-36)35(4)25-17-24(18-30-33-25)38-16-8-13-34(3)28(37)39-19-22-9-6-5-7-10-22/h5-7,9-10,17-18,23H,8,11-16,19H2,1-4H3. The number of nitrogens with zero attached hydrogens (tertiary/aromatic N) is 7. The van der Waals surface area contributed by atoms with Gasteiger partial charge in [0.2, 0.25) is 5.95 Å². The Labute approximate surface area is 238 Å². The molecule has 1 amide bonds. The van der Waals surface area contributed by atoms with Crippen LogP contribution < -0.4 is 14.5 Å².